The minimum absolute atomic E-state index is 0.103. The fourth-order valence-electron chi connectivity index (χ4n) is 9.89. The lowest BCUT2D eigenvalue weighted by molar-refractivity contribution is -0.161. The minimum Gasteiger partial charge on any atom is -0.462 e. The molecule has 0 aromatic carbocycles. The van der Waals surface area contributed by atoms with Crippen LogP contribution < -0.4 is 0 Å². The smallest absolute Gasteiger partial charge is 0.462 e. The number of phosphoric ester groups is 2. The Kier molecular flexibility index (Phi) is 55.7. The maximum atomic E-state index is 13.0. The lowest BCUT2D eigenvalue weighted by Gasteiger charge is -2.21. The van der Waals surface area contributed by atoms with Crippen LogP contribution in [0.5, 0.6) is 0 Å². The van der Waals surface area contributed by atoms with Gasteiger partial charge in [-0.15, -0.1) is 0 Å². The first-order valence-electron chi connectivity index (χ1n) is 34.8. The maximum Gasteiger partial charge on any atom is 0.472 e. The van der Waals surface area contributed by atoms with Crippen molar-refractivity contribution in [2.24, 2.45) is 23.7 Å². The Morgan fingerprint density at radius 1 is 0.326 bits per heavy atom. The Morgan fingerprint density at radius 2 is 0.558 bits per heavy atom. The van der Waals surface area contributed by atoms with Gasteiger partial charge in [0, 0.05) is 25.7 Å². The first-order chi connectivity index (χ1) is 41.2. The summed E-state index contributed by atoms with van der Waals surface area (Å²) < 4.78 is 68.1. The molecule has 0 saturated carbocycles. The molecule has 0 bridgehead atoms. The molecule has 0 aliphatic heterocycles. The fraction of sp³-hybridized carbons (Fsp3) is 0.940. The molecule has 3 N–H and O–H groups in total. The molecular formula is C67H130O17P2. The van der Waals surface area contributed by atoms with Gasteiger partial charge in [0.15, 0.2) is 12.2 Å². The van der Waals surface area contributed by atoms with Gasteiger partial charge in [0.1, 0.15) is 19.3 Å². The van der Waals surface area contributed by atoms with Crippen molar-refractivity contribution in [3.05, 3.63) is 0 Å². The summed E-state index contributed by atoms with van der Waals surface area (Å²) in [6.45, 7) is 14.0. The molecule has 0 aliphatic carbocycles. The Hall–Kier alpha value is -1.94. The molecule has 510 valence electrons. The standard InChI is InChI=1S/C67H130O17P2/c1-9-59(7)45-37-29-21-16-18-24-34-42-50-67(72)83-62(53-77-64(69)47-39-31-22-14-12-11-13-19-27-35-43-57(3)4)55-81-85(73,74)79-51-61(68)52-80-86(75,76)82-56-63(54-78-65(70)48-40-32-26-25-30-38-46-60(8)10-2)84-66(71)49-41-33-23-17-15-20-28-36-44-58(5)6/h57-63,68H,9-56H2,1-8H3,(H,73,74)(H,75,76)/t59?,60?,61-,62-,63-/m1/s1. The second-order valence-corrected chi connectivity index (χ2v) is 28.6. The average molecular weight is 1270 g/mol. The number of carbonyl (C=O) groups is 4. The third-order valence-corrected chi connectivity index (χ3v) is 17.9. The molecule has 0 spiro atoms. The molecule has 0 aromatic rings. The van der Waals surface area contributed by atoms with Crippen LogP contribution in [0.15, 0.2) is 0 Å². The SMILES string of the molecule is CCC(C)CCCCCCCCCCC(=O)O[C@H](COC(=O)CCCCCCCCCCCCC(C)C)COP(=O)(O)OC[C@@H](O)COP(=O)(O)OC[C@@H](COC(=O)CCCCCCCCC(C)CC)OC(=O)CCCCCCCCCCC(C)C. The van der Waals surface area contributed by atoms with Crippen molar-refractivity contribution in [2.75, 3.05) is 39.6 Å². The molecule has 0 radical (unpaired) electrons. The van der Waals surface area contributed by atoms with Crippen LogP contribution in [0.4, 0.5) is 0 Å². The Bertz CT molecular complexity index is 1720. The lowest BCUT2D eigenvalue weighted by atomic mass is 9.99. The van der Waals surface area contributed by atoms with Crippen LogP contribution in [-0.2, 0) is 65.4 Å². The first-order valence-corrected chi connectivity index (χ1v) is 37.8. The number of carbonyl (C=O) groups excluding carboxylic acids is 4. The third kappa shape index (κ3) is 58.4. The summed E-state index contributed by atoms with van der Waals surface area (Å²) in [7, 11) is -9.90. The first kappa shape index (κ1) is 84.1. The molecule has 17 nitrogen and oxygen atoms in total. The second kappa shape index (κ2) is 57.0. The normalized spacial score (nSPS) is 15.0. The Morgan fingerprint density at radius 3 is 0.826 bits per heavy atom. The number of hydrogen-bond donors (Lipinski definition) is 3. The number of aliphatic hydroxyl groups excluding tert-OH is 1. The van der Waals surface area contributed by atoms with Crippen molar-refractivity contribution in [2.45, 2.75) is 343 Å². The van der Waals surface area contributed by atoms with Crippen LogP contribution in [0.2, 0.25) is 0 Å². The van der Waals surface area contributed by atoms with Gasteiger partial charge in [-0.2, -0.15) is 0 Å². The van der Waals surface area contributed by atoms with E-state index in [2.05, 4.69) is 55.4 Å². The number of unbranched alkanes of at least 4 members (excludes halogenated alkanes) is 28. The molecule has 19 heteroatoms. The van der Waals surface area contributed by atoms with Gasteiger partial charge in [-0.3, -0.25) is 37.3 Å². The van der Waals surface area contributed by atoms with E-state index in [9.17, 15) is 43.2 Å². The van der Waals surface area contributed by atoms with E-state index in [1.165, 1.54) is 122 Å². The number of aliphatic hydroxyl groups is 1. The van der Waals surface area contributed by atoms with E-state index in [-0.39, 0.29) is 25.7 Å². The van der Waals surface area contributed by atoms with Gasteiger partial charge in [-0.05, 0) is 49.4 Å². The fourth-order valence-corrected chi connectivity index (χ4v) is 11.5. The van der Waals surface area contributed by atoms with E-state index in [4.69, 9.17) is 37.0 Å². The molecule has 86 heavy (non-hydrogen) atoms. The van der Waals surface area contributed by atoms with Crippen LogP contribution in [0.1, 0.15) is 325 Å². The summed E-state index contributed by atoms with van der Waals surface area (Å²) >= 11 is 0. The minimum atomic E-state index is -4.95. The van der Waals surface area contributed by atoms with E-state index < -0.39 is 97.5 Å². The molecule has 0 amide bonds. The van der Waals surface area contributed by atoms with Crippen molar-refractivity contribution in [1.29, 1.82) is 0 Å². The Labute approximate surface area is 524 Å². The van der Waals surface area contributed by atoms with Crippen LogP contribution in [0.3, 0.4) is 0 Å². The highest BCUT2D eigenvalue weighted by Gasteiger charge is 2.30. The van der Waals surface area contributed by atoms with Gasteiger partial charge in [0.2, 0.25) is 0 Å². The second-order valence-electron chi connectivity index (χ2n) is 25.6. The van der Waals surface area contributed by atoms with Gasteiger partial charge in [0.25, 0.3) is 0 Å². The van der Waals surface area contributed by atoms with Gasteiger partial charge in [-0.25, -0.2) is 9.13 Å². The summed E-state index contributed by atoms with van der Waals surface area (Å²) in [5.41, 5.74) is 0. The maximum absolute atomic E-state index is 13.0. The van der Waals surface area contributed by atoms with Gasteiger partial charge < -0.3 is 33.8 Å². The lowest BCUT2D eigenvalue weighted by Crippen LogP contribution is -2.30. The van der Waals surface area contributed by atoms with Crippen LogP contribution in [0, 0.1) is 23.7 Å². The zero-order valence-electron chi connectivity index (χ0n) is 55.9. The number of esters is 4. The van der Waals surface area contributed by atoms with Crippen molar-refractivity contribution < 1.29 is 80.2 Å². The average Bonchev–Trinajstić information content (AvgIpc) is 3.67. The number of phosphoric acid groups is 2. The van der Waals surface area contributed by atoms with Gasteiger partial charge in [0.05, 0.1) is 26.4 Å². The number of ether oxygens (including phenoxy) is 4. The quantitative estimate of drug-likeness (QED) is 0.0222. The number of hydrogen-bond acceptors (Lipinski definition) is 15. The van der Waals surface area contributed by atoms with Crippen molar-refractivity contribution in [3.63, 3.8) is 0 Å². The monoisotopic (exact) mass is 1270 g/mol. The summed E-state index contributed by atoms with van der Waals surface area (Å²) in [6.07, 6.45) is 37.6. The highest BCUT2D eigenvalue weighted by atomic mass is 31.2. The van der Waals surface area contributed by atoms with E-state index in [1.807, 2.05) is 0 Å². The third-order valence-electron chi connectivity index (χ3n) is 16.0. The molecular weight excluding hydrogens is 1140 g/mol. The zero-order chi connectivity index (χ0) is 63.9. The number of rotatable bonds is 64. The predicted octanol–water partition coefficient (Wildman–Crippen LogP) is 18.5. The zero-order valence-corrected chi connectivity index (χ0v) is 57.7. The van der Waals surface area contributed by atoms with Crippen molar-refractivity contribution >= 4 is 39.5 Å². The molecule has 7 atom stereocenters. The highest BCUT2D eigenvalue weighted by Crippen LogP contribution is 2.45. The van der Waals surface area contributed by atoms with Crippen molar-refractivity contribution in [1.82, 2.24) is 0 Å². The Balaban J connectivity index is 5.27. The van der Waals surface area contributed by atoms with Gasteiger partial charge in [-0.1, -0.05) is 274 Å². The van der Waals surface area contributed by atoms with Crippen molar-refractivity contribution in [3.8, 4) is 0 Å². The van der Waals surface area contributed by atoms with Crippen LogP contribution in [0.25, 0.3) is 0 Å². The van der Waals surface area contributed by atoms with Gasteiger partial charge >= 0.3 is 39.5 Å². The summed E-state index contributed by atoms with van der Waals surface area (Å²) in [5, 5.41) is 10.6. The van der Waals surface area contributed by atoms with Crippen LogP contribution in [-0.4, -0.2) is 96.7 Å². The molecule has 0 aliphatic rings. The highest BCUT2D eigenvalue weighted by molar-refractivity contribution is 7.47. The largest absolute Gasteiger partial charge is 0.472 e. The summed E-state index contributed by atoms with van der Waals surface area (Å²) in [6, 6.07) is 0. The topological polar surface area (TPSA) is 237 Å². The molecule has 0 rings (SSSR count). The van der Waals surface area contributed by atoms with E-state index in [1.54, 1.807) is 0 Å². The van der Waals surface area contributed by atoms with E-state index in [0.717, 1.165) is 120 Å². The molecule has 0 aromatic heterocycles. The molecule has 0 saturated heterocycles. The molecule has 0 fully saturated rings. The summed E-state index contributed by atoms with van der Waals surface area (Å²) in [5.74, 6) is 0.840. The van der Waals surface area contributed by atoms with Crippen LogP contribution >= 0.6 is 15.6 Å². The molecule has 0 heterocycles. The van der Waals surface area contributed by atoms with E-state index >= 15 is 0 Å². The van der Waals surface area contributed by atoms with E-state index in [0.29, 0.717) is 25.7 Å². The molecule has 4 unspecified atom stereocenters. The summed E-state index contributed by atoms with van der Waals surface area (Å²) in [4.78, 5) is 72.4. The predicted molar refractivity (Wildman–Crippen MR) is 344 cm³/mol.